The highest BCUT2D eigenvalue weighted by atomic mass is 32.2. The second kappa shape index (κ2) is 7.01. The van der Waals surface area contributed by atoms with Crippen LogP contribution in [0.5, 0.6) is 0 Å². The Bertz CT molecular complexity index is 1040. The van der Waals surface area contributed by atoms with Gasteiger partial charge in [-0.3, -0.25) is 14.6 Å². The van der Waals surface area contributed by atoms with Crippen LogP contribution in [0.2, 0.25) is 0 Å². The number of benzene rings is 2. The number of aromatic amines is 1. The van der Waals surface area contributed by atoms with Gasteiger partial charge in [0.2, 0.25) is 0 Å². The maximum Gasteiger partial charge on any atom is 0.262 e. The summed E-state index contributed by atoms with van der Waals surface area (Å²) in [6.45, 7) is 3.57. The van der Waals surface area contributed by atoms with E-state index >= 15 is 0 Å². The average molecular weight is 370 g/mol. The lowest BCUT2D eigenvalue weighted by atomic mass is 10.2. The lowest BCUT2D eigenvalue weighted by Gasteiger charge is -2.12. The van der Waals surface area contributed by atoms with E-state index in [0.717, 1.165) is 5.56 Å². The minimum atomic E-state index is -3.76. The van der Waals surface area contributed by atoms with Crippen LogP contribution in [0.4, 0.5) is 11.5 Å². The van der Waals surface area contributed by atoms with Crippen molar-refractivity contribution in [1.82, 2.24) is 10.2 Å². The van der Waals surface area contributed by atoms with Crippen LogP contribution in [0.25, 0.3) is 0 Å². The fourth-order valence-corrected chi connectivity index (χ4v) is 3.83. The molecule has 0 bridgehead atoms. The van der Waals surface area contributed by atoms with Gasteiger partial charge in [-0.15, -0.1) is 0 Å². The molecule has 3 rings (SSSR count). The van der Waals surface area contributed by atoms with E-state index < -0.39 is 10.0 Å². The summed E-state index contributed by atoms with van der Waals surface area (Å²) in [6, 6.07) is 13.1. The Morgan fingerprint density at radius 3 is 2.62 bits per heavy atom. The number of nitrogens with zero attached hydrogens (tertiary/aromatic N) is 1. The van der Waals surface area contributed by atoms with Gasteiger partial charge in [0, 0.05) is 17.3 Å². The van der Waals surface area contributed by atoms with E-state index in [4.69, 9.17) is 0 Å². The van der Waals surface area contributed by atoms with Gasteiger partial charge < -0.3 is 5.32 Å². The van der Waals surface area contributed by atoms with Gasteiger partial charge in [0.1, 0.15) is 5.82 Å². The number of aromatic nitrogens is 2. The molecule has 3 aromatic rings. The number of carbonyl (C=O) groups is 1. The normalized spacial score (nSPS) is 11.2. The second-order valence-corrected chi connectivity index (χ2v) is 7.53. The number of carbonyl (C=O) groups excluding carboxylic acids is 1. The summed E-state index contributed by atoms with van der Waals surface area (Å²) in [4.78, 5) is 12.5. The molecule has 8 heteroatoms. The van der Waals surface area contributed by atoms with Gasteiger partial charge in [-0.2, -0.15) is 5.10 Å². The fourth-order valence-electron chi connectivity index (χ4n) is 2.45. The molecule has 0 aliphatic heterocycles. The molecule has 2 aromatic carbocycles. The van der Waals surface area contributed by atoms with Gasteiger partial charge in [0.05, 0.1) is 11.1 Å². The highest BCUT2D eigenvalue weighted by Crippen LogP contribution is 2.21. The molecule has 0 fully saturated rings. The third kappa shape index (κ3) is 3.92. The zero-order valence-electron chi connectivity index (χ0n) is 14.3. The van der Waals surface area contributed by atoms with Crippen LogP contribution in [-0.2, 0) is 10.0 Å². The smallest absolute Gasteiger partial charge is 0.262 e. The van der Waals surface area contributed by atoms with Gasteiger partial charge in [-0.25, -0.2) is 8.42 Å². The first-order valence-corrected chi connectivity index (χ1v) is 9.34. The van der Waals surface area contributed by atoms with E-state index in [1.807, 2.05) is 13.0 Å². The molecular weight excluding hydrogens is 352 g/mol. The molecule has 26 heavy (non-hydrogen) atoms. The van der Waals surface area contributed by atoms with E-state index in [1.165, 1.54) is 12.3 Å². The first kappa shape index (κ1) is 17.7. The zero-order valence-corrected chi connectivity index (χ0v) is 15.1. The summed E-state index contributed by atoms with van der Waals surface area (Å²) in [5.74, 6) is 0.0819. The molecule has 3 N–H and O–H groups in total. The first-order chi connectivity index (χ1) is 12.3. The minimum Gasteiger partial charge on any atom is -0.307 e. The second-order valence-electron chi connectivity index (χ2n) is 5.88. The quantitative estimate of drug-likeness (QED) is 0.642. The highest BCUT2D eigenvalue weighted by Gasteiger charge is 2.18. The number of H-pyrrole nitrogens is 1. The fraction of sp³-hybridized carbons (Fsp3) is 0.111. The highest BCUT2D eigenvalue weighted by molar-refractivity contribution is 7.92. The predicted octanol–water partition coefficient (Wildman–Crippen LogP) is 3.08. The minimum absolute atomic E-state index is 0.213. The van der Waals surface area contributed by atoms with Crippen LogP contribution < -0.4 is 10.0 Å². The monoisotopic (exact) mass is 370 g/mol. The van der Waals surface area contributed by atoms with Gasteiger partial charge >= 0.3 is 0 Å². The summed E-state index contributed by atoms with van der Waals surface area (Å²) in [7, 11) is -3.76. The SMILES string of the molecule is Cc1ccc(C)c(S(=O)(=O)Nc2cccc(C(=O)Nc3ccn[nH]3)c2)c1. The van der Waals surface area contributed by atoms with Crippen LogP contribution in [-0.4, -0.2) is 24.5 Å². The average Bonchev–Trinajstić information content (AvgIpc) is 3.09. The van der Waals surface area contributed by atoms with Crippen molar-refractivity contribution in [3.63, 3.8) is 0 Å². The first-order valence-electron chi connectivity index (χ1n) is 7.86. The van der Waals surface area contributed by atoms with Crippen LogP contribution in [0.1, 0.15) is 21.5 Å². The number of nitrogens with one attached hydrogen (secondary N) is 3. The summed E-state index contributed by atoms with van der Waals surface area (Å²) < 4.78 is 27.9. The Morgan fingerprint density at radius 1 is 1.08 bits per heavy atom. The Balaban J connectivity index is 1.84. The van der Waals surface area contributed by atoms with Crippen molar-refractivity contribution in [1.29, 1.82) is 0 Å². The molecule has 134 valence electrons. The molecule has 0 unspecified atom stereocenters. The number of rotatable bonds is 5. The summed E-state index contributed by atoms with van der Waals surface area (Å²) >= 11 is 0. The molecule has 1 aromatic heterocycles. The van der Waals surface area contributed by atoms with Gasteiger partial charge in [-0.05, 0) is 49.2 Å². The molecule has 0 radical (unpaired) electrons. The molecule has 0 aliphatic rings. The van der Waals surface area contributed by atoms with E-state index in [9.17, 15) is 13.2 Å². The van der Waals surface area contributed by atoms with Gasteiger partial charge in [0.15, 0.2) is 0 Å². The van der Waals surface area contributed by atoms with Gasteiger partial charge in [0.25, 0.3) is 15.9 Å². The van der Waals surface area contributed by atoms with E-state index in [-0.39, 0.29) is 10.8 Å². The van der Waals surface area contributed by atoms with Crippen molar-refractivity contribution in [2.45, 2.75) is 18.7 Å². The predicted molar refractivity (Wildman–Crippen MR) is 99.7 cm³/mol. The van der Waals surface area contributed by atoms with Crippen molar-refractivity contribution < 1.29 is 13.2 Å². The maximum absolute atomic E-state index is 12.7. The number of anilines is 2. The third-order valence-electron chi connectivity index (χ3n) is 3.76. The van der Waals surface area contributed by atoms with Gasteiger partial charge in [-0.1, -0.05) is 18.2 Å². The Kier molecular flexibility index (Phi) is 4.77. The Hall–Kier alpha value is -3.13. The zero-order chi connectivity index (χ0) is 18.7. The van der Waals surface area contributed by atoms with E-state index in [0.29, 0.717) is 22.6 Å². The van der Waals surface area contributed by atoms with Crippen molar-refractivity contribution in [3.05, 3.63) is 71.4 Å². The maximum atomic E-state index is 12.7. The molecule has 0 atom stereocenters. The molecule has 7 nitrogen and oxygen atoms in total. The van der Waals surface area contributed by atoms with E-state index in [2.05, 4.69) is 20.2 Å². The number of hydrogen-bond donors (Lipinski definition) is 3. The number of sulfonamides is 1. The number of amides is 1. The molecular formula is C18H18N4O3S. The largest absolute Gasteiger partial charge is 0.307 e. The van der Waals surface area contributed by atoms with Crippen molar-refractivity contribution >= 4 is 27.4 Å². The van der Waals surface area contributed by atoms with Crippen molar-refractivity contribution in [2.24, 2.45) is 0 Å². The van der Waals surface area contributed by atoms with Crippen LogP contribution in [0.3, 0.4) is 0 Å². The summed E-state index contributed by atoms with van der Waals surface area (Å²) in [5, 5.41) is 9.02. The van der Waals surface area contributed by atoms with Crippen LogP contribution in [0, 0.1) is 13.8 Å². The van der Waals surface area contributed by atoms with Crippen molar-refractivity contribution in [3.8, 4) is 0 Å². The molecule has 0 saturated heterocycles. The van der Waals surface area contributed by atoms with Crippen molar-refractivity contribution in [2.75, 3.05) is 10.0 Å². The summed E-state index contributed by atoms with van der Waals surface area (Å²) in [6.07, 6.45) is 1.52. The third-order valence-corrected chi connectivity index (χ3v) is 5.28. The van der Waals surface area contributed by atoms with Crippen LogP contribution in [0.15, 0.2) is 59.6 Å². The summed E-state index contributed by atoms with van der Waals surface area (Å²) in [5.41, 5.74) is 2.13. The standard InChI is InChI=1S/C18H18N4O3S/c1-12-6-7-13(2)16(10-12)26(24,25)22-15-5-3-4-14(11-15)18(23)20-17-8-9-19-21-17/h3-11,22H,1-2H3,(H2,19,20,21,23). The Labute approximate surface area is 151 Å². The van der Waals surface area contributed by atoms with Crippen LogP contribution >= 0.6 is 0 Å². The number of aryl methyl sites for hydroxylation is 2. The molecule has 0 saturated carbocycles. The molecule has 0 spiro atoms. The topological polar surface area (TPSA) is 104 Å². The molecule has 0 aliphatic carbocycles. The Morgan fingerprint density at radius 2 is 1.88 bits per heavy atom. The lowest BCUT2D eigenvalue weighted by molar-refractivity contribution is 0.102. The molecule has 1 heterocycles. The van der Waals surface area contributed by atoms with E-state index in [1.54, 1.807) is 43.3 Å². The number of hydrogen-bond acceptors (Lipinski definition) is 4. The lowest BCUT2D eigenvalue weighted by Crippen LogP contribution is -2.16. The molecule has 1 amide bonds.